The fraction of sp³-hybridized carbons (Fsp3) is 1.00. The van der Waals surface area contributed by atoms with E-state index in [4.69, 9.17) is 5.11 Å². The molecule has 0 aromatic rings. The second kappa shape index (κ2) is 5.89. The van der Waals surface area contributed by atoms with Crippen LogP contribution in [0.25, 0.3) is 0 Å². The molecule has 3 nitrogen and oxygen atoms in total. The summed E-state index contributed by atoms with van der Waals surface area (Å²) in [6.45, 7) is 5.65. The van der Waals surface area contributed by atoms with Crippen LogP contribution in [0.1, 0.15) is 26.7 Å². The molecule has 0 spiro atoms. The van der Waals surface area contributed by atoms with Crippen LogP contribution in [-0.4, -0.2) is 54.3 Å². The van der Waals surface area contributed by atoms with Crippen molar-refractivity contribution in [2.75, 3.05) is 26.2 Å². The third-order valence-corrected chi connectivity index (χ3v) is 3.18. The van der Waals surface area contributed by atoms with Crippen molar-refractivity contribution in [2.24, 2.45) is 0 Å². The van der Waals surface area contributed by atoms with Gasteiger partial charge in [-0.2, -0.15) is 0 Å². The molecule has 1 fully saturated rings. The first-order valence-corrected chi connectivity index (χ1v) is 5.93. The Bertz CT molecular complexity index is 212. The number of hydrogen-bond acceptors (Lipinski definition) is 3. The lowest BCUT2D eigenvalue weighted by Gasteiger charge is -2.28. The summed E-state index contributed by atoms with van der Waals surface area (Å²) in [5.41, 5.74) is 0. The highest BCUT2D eigenvalue weighted by Crippen LogP contribution is 2.29. The first-order valence-electron chi connectivity index (χ1n) is 5.93. The molecule has 1 atom stereocenters. The minimum Gasteiger partial charge on any atom is -0.395 e. The van der Waals surface area contributed by atoms with Crippen molar-refractivity contribution in [3.8, 4) is 0 Å². The molecule has 16 heavy (non-hydrogen) atoms. The van der Waals surface area contributed by atoms with Crippen LogP contribution >= 0.6 is 0 Å². The van der Waals surface area contributed by atoms with E-state index in [0.717, 1.165) is 0 Å². The standard InChI is InChI=1S/C11H22F2N2O/c1-9(2)15(7-8-16)6-3-10-11(12,13)4-5-14-10/h9-10,14,16H,3-8H2,1-2H3. The topological polar surface area (TPSA) is 35.5 Å². The summed E-state index contributed by atoms with van der Waals surface area (Å²) in [4.78, 5) is 2.02. The fourth-order valence-corrected chi connectivity index (χ4v) is 2.10. The van der Waals surface area contributed by atoms with Gasteiger partial charge in [0.25, 0.3) is 5.92 Å². The highest BCUT2D eigenvalue weighted by molar-refractivity contribution is 4.90. The molecule has 1 saturated heterocycles. The second-order valence-electron chi connectivity index (χ2n) is 4.66. The quantitative estimate of drug-likeness (QED) is 0.724. The van der Waals surface area contributed by atoms with Gasteiger partial charge < -0.3 is 10.4 Å². The average Bonchev–Trinajstić information content (AvgIpc) is 2.52. The Hall–Kier alpha value is -0.260. The van der Waals surface area contributed by atoms with Crippen molar-refractivity contribution in [3.05, 3.63) is 0 Å². The number of alkyl halides is 2. The van der Waals surface area contributed by atoms with E-state index in [1.54, 1.807) is 0 Å². The third-order valence-electron chi connectivity index (χ3n) is 3.18. The monoisotopic (exact) mass is 236 g/mol. The summed E-state index contributed by atoms with van der Waals surface area (Å²) < 4.78 is 26.6. The Morgan fingerprint density at radius 3 is 2.56 bits per heavy atom. The predicted molar refractivity (Wildman–Crippen MR) is 59.8 cm³/mol. The van der Waals surface area contributed by atoms with Gasteiger partial charge in [0.05, 0.1) is 12.6 Å². The Morgan fingerprint density at radius 2 is 2.12 bits per heavy atom. The molecule has 0 amide bonds. The van der Waals surface area contributed by atoms with Crippen LogP contribution < -0.4 is 5.32 Å². The molecule has 0 radical (unpaired) electrons. The number of hydrogen-bond donors (Lipinski definition) is 2. The molecule has 0 bridgehead atoms. The molecular formula is C11H22F2N2O. The highest BCUT2D eigenvalue weighted by atomic mass is 19.3. The lowest BCUT2D eigenvalue weighted by molar-refractivity contribution is -0.0166. The molecular weight excluding hydrogens is 214 g/mol. The lowest BCUT2D eigenvalue weighted by atomic mass is 10.1. The molecule has 1 heterocycles. The second-order valence-corrected chi connectivity index (χ2v) is 4.66. The molecule has 1 aliphatic heterocycles. The summed E-state index contributed by atoms with van der Waals surface area (Å²) >= 11 is 0. The van der Waals surface area contributed by atoms with Gasteiger partial charge in [0, 0.05) is 32.1 Å². The van der Waals surface area contributed by atoms with Gasteiger partial charge in [-0.1, -0.05) is 0 Å². The molecule has 0 aromatic carbocycles. The minimum absolute atomic E-state index is 0.0562. The fourth-order valence-electron chi connectivity index (χ4n) is 2.10. The molecule has 0 aliphatic carbocycles. The number of aliphatic hydroxyl groups is 1. The smallest absolute Gasteiger partial charge is 0.264 e. The Kier molecular flexibility index (Phi) is 5.08. The van der Waals surface area contributed by atoms with Gasteiger partial charge in [0.2, 0.25) is 0 Å². The van der Waals surface area contributed by atoms with E-state index in [1.165, 1.54) is 0 Å². The first-order chi connectivity index (χ1) is 7.47. The Labute approximate surface area is 95.8 Å². The zero-order chi connectivity index (χ0) is 12.2. The van der Waals surface area contributed by atoms with E-state index in [2.05, 4.69) is 5.32 Å². The van der Waals surface area contributed by atoms with Gasteiger partial charge in [-0.15, -0.1) is 0 Å². The first kappa shape index (κ1) is 13.8. The summed E-state index contributed by atoms with van der Waals surface area (Å²) in [7, 11) is 0. The van der Waals surface area contributed by atoms with E-state index in [9.17, 15) is 8.78 Å². The molecule has 0 saturated carbocycles. The molecule has 1 rings (SSSR count). The maximum atomic E-state index is 13.3. The molecule has 1 aliphatic rings. The van der Waals surface area contributed by atoms with Crippen molar-refractivity contribution in [1.29, 1.82) is 0 Å². The van der Waals surface area contributed by atoms with Crippen LogP contribution in [0.5, 0.6) is 0 Å². The average molecular weight is 236 g/mol. The predicted octanol–water partition coefficient (Wildman–Crippen LogP) is 1.08. The number of rotatable bonds is 6. The highest BCUT2D eigenvalue weighted by Gasteiger charge is 2.43. The maximum Gasteiger partial charge on any atom is 0.264 e. The molecule has 5 heteroatoms. The van der Waals surface area contributed by atoms with Crippen molar-refractivity contribution >= 4 is 0 Å². The van der Waals surface area contributed by atoms with Gasteiger partial charge in [-0.05, 0) is 20.3 Å². The van der Waals surface area contributed by atoms with Crippen molar-refractivity contribution in [3.63, 3.8) is 0 Å². The number of aliphatic hydroxyl groups excluding tert-OH is 1. The van der Waals surface area contributed by atoms with Gasteiger partial charge in [-0.3, -0.25) is 4.90 Å². The van der Waals surface area contributed by atoms with E-state index >= 15 is 0 Å². The van der Waals surface area contributed by atoms with Gasteiger partial charge in [-0.25, -0.2) is 8.78 Å². The Morgan fingerprint density at radius 1 is 1.44 bits per heavy atom. The molecule has 0 aromatic heterocycles. The molecule has 96 valence electrons. The number of nitrogens with one attached hydrogen (secondary N) is 1. The third kappa shape index (κ3) is 3.64. The number of nitrogens with zero attached hydrogens (tertiary/aromatic N) is 1. The zero-order valence-electron chi connectivity index (χ0n) is 10.0. The molecule has 2 N–H and O–H groups in total. The SMILES string of the molecule is CC(C)N(CCO)CCC1NCCC1(F)F. The largest absolute Gasteiger partial charge is 0.395 e. The summed E-state index contributed by atoms with van der Waals surface area (Å²) in [5, 5.41) is 11.7. The van der Waals surface area contributed by atoms with Crippen molar-refractivity contribution in [1.82, 2.24) is 10.2 Å². The zero-order valence-corrected chi connectivity index (χ0v) is 10.0. The summed E-state index contributed by atoms with van der Waals surface area (Å²) in [5.74, 6) is -2.57. The minimum atomic E-state index is -2.57. The van der Waals surface area contributed by atoms with Gasteiger partial charge in [0.15, 0.2) is 0 Å². The van der Waals surface area contributed by atoms with E-state index in [0.29, 0.717) is 26.1 Å². The van der Waals surface area contributed by atoms with Crippen LogP contribution in [0.15, 0.2) is 0 Å². The van der Waals surface area contributed by atoms with Crippen LogP contribution in [0.3, 0.4) is 0 Å². The van der Waals surface area contributed by atoms with Crippen molar-refractivity contribution in [2.45, 2.75) is 44.7 Å². The molecule has 1 unspecified atom stereocenters. The van der Waals surface area contributed by atoms with E-state index < -0.39 is 12.0 Å². The van der Waals surface area contributed by atoms with E-state index in [1.807, 2.05) is 18.7 Å². The Balaban J connectivity index is 2.37. The van der Waals surface area contributed by atoms with Crippen LogP contribution in [0.2, 0.25) is 0 Å². The van der Waals surface area contributed by atoms with Crippen LogP contribution in [0, 0.1) is 0 Å². The van der Waals surface area contributed by atoms with Gasteiger partial charge in [0.1, 0.15) is 0 Å². The van der Waals surface area contributed by atoms with Crippen LogP contribution in [-0.2, 0) is 0 Å². The van der Waals surface area contributed by atoms with E-state index in [-0.39, 0.29) is 19.1 Å². The lowest BCUT2D eigenvalue weighted by Crippen LogP contribution is -2.41. The number of halogens is 2. The van der Waals surface area contributed by atoms with Gasteiger partial charge >= 0.3 is 0 Å². The summed E-state index contributed by atoms with van der Waals surface area (Å²) in [6.07, 6.45) is 0.379. The normalized spacial score (nSPS) is 24.6. The van der Waals surface area contributed by atoms with Crippen LogP contribution in [0.4, 0.5) is 8.78 Å². The summed E-state index contributed by atoms with van der Waals surface area (Å²) in [6, 6.07) is -0.422. The maximum absolute atomic E-state index is 13.3. The van der Waals surface area contributed by atoms with Crippen molar-refractivity contribution < 1.29 is 13.9 Å².